The predicted octanol–water partition coefficient (Wildman–Crippen LogP) is 2.03. The van der Waals surface area contributed by atoms with Crippen LogP contribution in [-0.2, 0) is 0 Å². The van der Waals surface area contributed by atoms with Crippen LogP contribution in [0.2, 0.25) is 0 Å². The number of nitrogens with zero attached hydrogens (tertiary/aromatic N) is 2. The Morgan fingerprint density at radius 2 is 2.33 bits per heavy atom. The average Bonchev–Trinajstić information content (AvgIpc) is 2.87. The summed E-state index contributed by atoms with van der Waals surface area (Å²) >= 11 is 1.83. The summed E-state index contributed by atoms with van der Waals surface area (Å²) in [6.45, 7) is 10.4. The molecule has 1 aliphatic heterocycles. The van der Waals surface area contributed by atoms with Crippen molar-refractivity contribution in [2.24, 2.45) is 0 Å². The largest absolute Gasteiger partial charge is 0.308 e. The molecule has 2 atom stereocenters. The Morgan fingerprint density at radius 1 is 1.50 bits per heavy atom. The van der Waals surface area contributed by atoms with Crippen LogP contribution in [0.15, 0.2) is 17.5 Å². The van der Waals surface area contributed by atoms with Crippen molar-refractivity contribution in [3.05, 3.63) is 22.4 Å². The molecular formula is C14H25N3S. The van der Waals surface area contributed by atoms with Gasteiger partial charge < -0.3 is 10.2 Å². The molecule has 0 amide bonds. The number of piperazine rings is 1. The molecule has 0 aromatic carbocycles. The fourth-order valence-electron chi connectivity index (χ4n) is 2.40. The first kappa shape index (κ1) is 14.0. The molecule has 1 aliphatic rings. The summed E-state index contributed by atoms with van der Waals surface area (Å²) in [4.78, 5) is 6.44. The molecule has 4 heteroatoms. The van der Waals surface area contributed by atoms with E-state index in [0.717, 1.165) is 13.1 Å². The molecule has 2 unspecified atom stereocenters. The van der Waals surface area contributed by atoms with Crippen LogP contribution in [0.5, 0.6) is 0 Å². The van der Waals surface area contributed by atoms with Gasteiger partial charge in [0.2, 0.25) is 0 Å². The summed E-state index contributed by atoms with van der Waals surface area (Å²) in [6.07, 6.45) is 0. The van der Waals surface area contributed by atoms with E-state index < -0.39 is 0 Å². The Balaban J connectivity index is 1.66. The van der Waals surface area contributed by atoms with Crippen LogP contribution in [-0.4, -0.2) is 55.6 Å². The highest BCUT2D eigenvalue weighted by Gasteiger charge is 2.19. The second-order valence-electron chi connectivity index (χ2n) is 5.32. The monoisotopic (exact) mass is 267 g/mol. The number of likely N-dealkylation sites (N-methyl/N-ethyl adjacent to an activating group) is 1. The van der Waals surface area contributed by atoms with Crippen molar-refractivity contribution in [2.75, 3.05) is 39.8 Å². The third-order valence-electron chi connectivity index (χ3n) is 3.89. The highest BCUT2D eigenvalue weighted by Crippen LogP contribution is 2.17. The molecule has 18 heavy (non-hydrogen) atoms. The van der Waals surface area contributed by atoms with Crippen LogP contribution < -0.4 is 5.32 Å². The molecule has 1 aromatic rings. The topological polar surface area (TPSA) is 18.5 Å². The third-order valence-corrected chi connectivity index (χ3v) is 4.95. The van der Waals surface area contributed by atoms with Gasteiger partial charge in [0.05, 0.1) is 0 Å². The second-order valence-corrected chi connectivity index (χ2v) is 6.30. The minimum absolute atomic E-state index is 0.481. The number of hydrogen-bond donors (Lipinski definition) is 1. The second kappa shape index (κ2) is 6.66. The molecule has 1 N–H and O–H groups in total. The molecule has 102 valence electrons. The maximum atomic E-state index is 3.61. The fourth-order valence-corrected chi connectivity index (χ4v) is 3.16. The molecule has 0 saturated carbocycles. The van der Waals surface area contributed by atoms with Gasteiger partial charge in [0.25, 0.3) is 0 Å². The first-order valence-electron chi connectivity index (χ1n) is 6.86. The Labute approximate surface area is 115 Å². The lowest BCUT2D eigenvalue weighted by molar-refractivity contribution is 0.105. The summed E-state index contributed by atoms with van der Waals surface area (Å²) in [7, 11) is 2.22. The number of nitrogens with one attached hydrogen (secondary N) is 1. The molecule has 3 nitrogen and oxygen atoms in total. The highest BCUT2D eigenvalue weighted by molar-refractivity contribution is 7.10. The van der Waals surface area contributed by atoms with Crippen LogP contribution in [0, 0.1) is 0 Å². The van der Waals surface area contributed by atoms with Gasteiger partial charge in [-0.25, -0.2) is 0 Å². The fraction of sp³-hybridized carbons (Fsp3) is 0.714. The number of rotatable bonds is 5. The van der Waals surface area contributed by atoms with Crippen LogP contribution in [0.25, 0.3) is 0 Å². The van der Waals surface area contributed by atoms with E-state index >= 15 is 0 Å². The van der Waals surface area contributed by atoms with E-state index in [1.807, 2.05) is 11.3 Å². The lowest BCUT2D eigenvalue weighted by Gasteiger charge is -2.37. The van der Waals surface area contributed by atoms with Gasteiger partial charge in [0.1, 0.15) is 0 Å². The highest BCUT2D eigenvalue weighted by atomic mass is 32.1. The summed E-state index contributed by atoms with van der Waals surface area (Å²) in [5, 5.41) is 5.76. The SMILES string of the molecule is CC(NCCN1CCN(C)C(C)C1)c1cccs1. The lowest BCUT2D eigenvalue weighted by Crippen LogP contribution is -2.51. The molecule has 0 aliphatic carbocycles. The Kier molecular flexibility index (Phi) is 5.18. The molecule has 1 aromatic heterocycles. The van der Waals surface area contributed by atoms with E-state index in [-0.39, 0.29) is 0 Å². The van der Waals surface area contributed by atoms with Gasteiger partial charge >= 0.3 is 0 Å². The van der Waals surface area contributed by atoms with Crippen molar-refractivity contribution in [3.63, 3.8) is 0 Å². The predicted molar refractivity (Wildman–Crippen MR) is 79.3 cm³/mol. The van der Waals surface area contributed by atoms with E-state index in [9.17, 15) is 0 Å². The van der Waals surface area contributed by atoms with Crippen LogP contribution in [0.4, 0.5) is 0 Å². The molecule has 0 spiro atoms. The van der Waals surface area contributed by atoms with Crippen molar-refractivity contribution in [1.82, 2.24) is 15.1 Å². The van der Waals surface area contributed by atoms with Crippen molar-refractivity contribution in [2.45, 2.75) is 25.9 Å². The van der Waals surface area contributed by atoms with E-state index in [2.05, 4.69) is 53.5 Å². The molecule has 0 radical (unpaired) electrons. The molecule has 1 saturated heterocycles. The normalized spacial score (nSPS) is 24.3. The van der Waals surface area contributed by atoms with Crippen molar-refractivity contribution >= 4 is 11.3 Å². The first-order chi connectivity index (χ1) is 8.66. The zero-order valence-corrected chi connectivity index (χ0v) is 12.5. The lowest BCUT2D eigenvalue weighted by atomic mass is 10.2. The standard InChI is InChI=1S/C14H25N3S/c1-12-11-17(9-8-16(12)3)7-6-15-13(2)14-5-4-10-18-14/h4-5,10,12-13,15H,6-9,11H2,1-3H3. The maximum absolute atomic E-state index is 3.61. The Hall–Kier alpha value is -0.420. The summed E-state index contributed by atoms with van der Waals surface area (Å²) < 4.78 is 0. The Bertz CT molecular complexity index is 339. The quantitative estimate of drug-likeness (QED) is 0.881. The average molecular weight is 267 g/mol. The minimum Gasteiger partial charge on any atom is -0.308 e. The third kappa shape index (κ3) is 3.79. The van der Waals surface area contributed by atoms with Crippen molar-refractivity contribution in [1.29, 1.82) is 0 Å². The molecule has 1 fully saturated rings. The number of thiophene rings is 1. The van der Waals surface area contributed by atoms with E-state index in [0.29, 0.717) is 12.1 Å². The molecular weight excluding hydrogens is 242 g/mol. The zero-order valence-electron chi connectivity index (χ0n) is 11.7. The van der Waals surface area contributed by atoms with Crippen molar-refractivity contribution in [3.8, 4) is 0 Å². The zero-order chi connectivity index (χ0) is 13.0. The van der Waals surface area contributed by atoms with E-state index in [1.54, 1.807) is 0 Å². The molecule has 2 rings (SSSR count). The van der Waals surface area contributed by atoms with Crippen LogP contribution in [0.3, 0.4) is 0 Å². The van der Waals surface area contributed by atoms with Crippen LogP contribution >= 0.6 is 11.3 Å². The van der Waals surface area contributed by atoms with Crippen molar-refractivity contribution < 1.29 is 0 Å². The summed E-state index contributed by atoms with van der Waals surface area (Å²) in [6, 6.07) is 5.50. The number of hydrogen-bond acceptors (Lipinski definition) is 4. The van der Waals surface area contributed by atoms with Gasteiger partial charge in [0.15, 0.2) is 0 Å². The van der Waals surface area contributed by atoms with Gasteiger partial charge in [0, 0.05) is 49.7 Å². The van der Waals surface area contributed by atoms with Crippen LogP contribution in [0.1, 0.15) is 24.8 Å². The van der Waals surface area contributed by atoms with Gasteiger partial charge in [-0.05, 0) is 32.3 Å². The maximum Gasteiger partial charge on any atom is 0.0386 e. The van der Waals surface area contributed by atoms with Gasteiger partial charge in [-0.2, -0.15) is 0 Å². The molecule has 0 bridgehead atoms. The Morgan fingerprint density at radius 3 is 3.00 bits per heavy atom. The first-order valence-corrected chi connectivity index (χ1v) is 7.74. The summed E-state index contributed by atoms with van der Waals surface area (Å²) in [5.74, 6) is 0. The van der Waals surface area contributed by atoms with Gasteiger partial charge in [-0.15, -0.1) is 11.3 Å². The van der Waals surface area contributed by atoms with E-state index in [1.165, 1.54) is 24.5 Å². The molecule has 2 heterocycles. The smallest absolute Gasteiger partial charge is 0.0386 e. The van der Waals surface area contributed by atoms with Gasteiger partial charge in [-0.1, -0.05) is 6.07 Å². The van der Waals surface area contributed by atoms with E-state index in [4.69, 9.17) is 0 Å². The minimum atomic E-state index is 0.481. The van der Waals surface area contributed by atoms with Gasteiger partial charge in [-0.3, -0.25) is 4.90 Å². The summed E-state index contributed by atoms with van der Waals surface area (Å²) in [5.41, 5.74) is 0.